The van der Waals surface area contributed by atoms with Gasteiger partial charge in [0.15, 0.2) is 0 Å². The summed E-state index contributed by atoms with van der Waals surface area (Å²) in [5, 5.41) is 12.4. The predicted molar refractivity (Wildman–Crippen MR) is 99.5 cm³/mol. The molecular formula is C19H25N5O. The van der Waals surface area contributed by atoms with Gasteiger partial charge in [-0.15, -0.1) is 5.10 Å². The maximum Gasteiger partial charge on any atom is 0.221 e. The fourth-order valence-electron chi connectivity index (χ4n) is 3.00. The monoisotopic (exact) mass is 339 g/mol. The van der Waals surface area contributed by atoms with Crippen LogP contribution in [0, 0.1) is 0 Å². The Morgan fingerprint density at radius 1 is 1.20 bits per heavy atom. The Morgan fingerprint density at radius 3 is 2.88 bits per heavy atom. The second-order valence-electron chi connectivity index (χ2n) is 6.39. The van der Waals surface area contributed by atoms with Crippen LogP contribution < -0.4 is 5.32 Å². The molecule has 3 rings (SSSR count). The zero-order valence-electron chi connectivity index (χ0n) is 14.9. The van der Waals surface area contributed by atoms with Gasteiger partial charge in [-0.2, -0.15) is 0 Å². The minimum atomic E-state index is -0.0510. The van der Waals surface area contributed by atoms with Gasteiger partial charge in [-0.1, -0.05) is 18.6 Å². The average Bonchev–Trinajstić information content (AvgIpc) is 3.19. The smallest absolute Gasteiger partial charge is 0.221 e. The predicted octanol–water partition coefficient (Wildman–Crippen LogP) is 3.62. The van der Waals surface area contributed by atoms with Gasteiger partial charge in [0, 0.05) is 49.0 Å². The van der Waals surface area contributed by atoms with Gasteiger partial charge in [-0.25, -0.2) is 0 Å². The lowest BCUT2D eigenvalue weighted by Crippen LogP contribution is -2.06. The first-order valence-corrected chi connectivity index (χ1v) is 8.91. The van der Waals surface area contributed by atoms with Crippen molar-refractivity contribution >= 4 is 22.5 Å². The summed E-state index contributed by atoms with van der Waals surface area (Å²) in [5.74, 6) is -0.0510. The van der Waals surface area contributed by atoms with E-state index in [1.807, 2.05) is 16.8 Å². The number of carbonyl (C=O) groups excluding carboxylic acids is 1. The molecule has 25 heavy (non-hydrogen) atoms. The minimum Gasteiger partial charge on any atom is -0.347 e. The Labute approximate surface area is 147 Å². The van der Waals surface area contributed by atoms with Crippen molar-refractivity contribution in [2.45, 2.75) is 52.6 Å². The van der Waals surface area contributed by atoms with Crippen molar-refractivity contribution in [1.82, 2.24) is 19.6 Å². The third-order valence-corrected chi connectivity index (χ3v) is 4.25. The number of carbonyl (C=O) groups is 1. The van der Waals surface area contributed by atoms with Crippen molar-refractivity contribution in [3.8, 4) is 0 Å². The van der Waals surface area contributed by atoms with Crippen molar-refractivity contribution in [3.63, 3.8) is 0 Å². The highest BCUT2D eigenvalue weighted by Gasteiger charge is 2.04. The molecular weight excluding hydrogens is 314 g/mol. The molecule has 1 N–H and O–H groups in total. The Bertz CT molecular complexity index is 848. The summed E-state index contributed by atoms with van der Waals surface area (Å²) in [4.78, 5) is 11.2. The number of anilines is 1. The molecule has 1 amide bonds. The van der Waals surface area contributed by atoms with Gasteiger partial charge >= 0.3 is 0 Å². The second kappa shape index (κ2) is 7.96. The van der Waals surface area contributed by atoms with E-state index in [-0.39, 0.29) is 5.91 Å². The second-order valence-corrected chi connectivity index (χ2v) is 6.39. The lowest BCUT2D eigenvalue weighted by atomic mass is 10.2. The number of nitrogens with zero attached hydrogens (tertiary/aromatic N) is 4. The molecule has 2 aromatic heterocycles. The Balaban J connectivity index is 1.58. The number of unbranched alkanes of at least 4 members (excludes halogenated alkanes) is 1. The molecule has 0 atom stereocenters. The lowest BCUT2D eigenvalue weighted by molar-refractivity contribution is -0.114. The molecule has 0 unspecified atom stereocenters. The summed E-state index contributed by atoms with van der Waals surface area (Å²) in [6.45, 7) is 5.49. The van der Waals surface area contributed by atoms with Gasteiger partial charge in [0.1, 0.15) is 0 Å². The van der Waals surface area contributed by atoms with Gasteiger partial charge in [0.2, 0.25) is 5.91 Å². The van der Waals surface area contributed by atoms with E-state index < -0.39 is 0 Å². The van der Waals surface area contributed by atoms with E-state index in [0.29, 0.717) is 0 Å². The van der Waals surface area contributed by atoms with Crippen LogP contribution >= 0.6 is 0 Å². The number of fused-ring (bicyclic) bond motifs is 1. The zero-order chi connectivity index (χ0) is 17.6. The molecule has 0 radical (unpaired) electrons. The molecule has 0 aliphatic rings. The molecule has 132 valence electrons. The summed E-state index contributed by atoms with van der Waals surface area (Å²) < 4.78 is 4.17. The third kappa shape index (κ3) is 4.47. The van der Waals surface area contributed by atoms with E-state index in [1.54, 1.807) is 0 Å². The molecule has 2 heterocycles. The van der Waals surface area contributed by atoms with Crippen molar-refractivity contribution < 1.29 is 4.79 Å². The van der Waals surface area contributed by atoms with Gasteiger partial charge < -0.3 is 9.88 Å². The highest BCUT2D eigenvalue weighted by molar-refractivity contribution is 5.92. The number of aryl methyl sites for hydroxylation is 3. The quantitative estimate of drug-likeness (QED) is 0.681. The van der Waals surface area contributed by atoms with E-state index in [9.17, 15) is 4.79 Å². The molecule has 0 spiro atoms. The van der Waals surface area contributed by atoms with E-state index in [0.717, 1.165) is 49.1 Å². The summed E-state index contributed by atoms with van der Waals surface area (Å²) in [5.41, 5.74) is 3.09. The molecule has 6 heteroatoms. The SMILES string of the molecule is CCCCc1cn(CCCn2ccc3cc(NC(C)=O)ccc32)nn1. The number of hydrogen-bond donors (Lipinski definition) is 1. The topological polar surface area (TPSA) is 64.7 Å². The Morgan fingerprint density at radius 2 is 2.08 bits per heavy atom. The van der Waals surface area contributed by atoms with Gasteiger partial charge in [-0.3, -0.25) is 9.48 Å². The maximum atomic E-state index is 11.2. The number of hydrogen-bond acceptors (Lipinski definition) is 3. The summed E-state index contributed by atoms with van der Waals surface area (Å²) in [7, 11) is 0. The normalized spacial score (nSPS) is 11.1. The maximum absolute atomic E-state index is 11.2. The molecule has 0 aliphatic heterocycles. The molecule has 0 aliphatic carbocycles. The van der Waals surface area contributed by atoms with Crippen molar-refractivity contribution in [3.05, 3.63) is 42.4 Å². The standard InChI is InChI=1S/C19H25N5O/c1-3-4-6-18-14-24(22-21-18)11-5-10-23-12-9-16-13-17(20-15(2)25)7-8-19(16)23/h7-9,12-14H,3-6,10-11H2,1-2H3,(H,20,25). The van der Waals surface area contributed by atoms with E-state index in [2.05, 4.69) is 51.6 Å². The molecule has 6 nitrogen and oxygen atoms in total. The fraction of sp³-hybridized carbons (Fsp3) is 0.421. The van der Waals surface area contributed by atoms with Crippen LogP contribution in [-0.4, -0.2) is 25.5 Å². The van der Waals surface area contributed by atoms with Crippen LogP contribution in [0.1, 0.15) is 38.8 Å². The van der Waals surface area contributed by atoms with Crippen LogP contribution in [0.5, 0.6) is 0 Å². The van der Waals surface area contributed by atoms with Crippen LogP contribution in [0.25, 0.3) is 10.9 Å². The molecule has 0 fully saturated rings. The van der Waals surface area contributed by atoms with Gasteiger partial charge in [0.05, 0.1) is 5.69 Å². The fourth-order valence-corrected chi connectivity index (χ4v) is 3.00. The van der Waals surface area contributed by atoms with Gasteiger partial charge in [-0.05, 0) is 43.5 Å². The molecule has 0 bridgehead atoms. The number of amides is 1. The minimum absolute atomic E-state index is 0.0510. The first-order chi connectivity index (χ1) is 12.2. The van der Waals surface area contributed by atoms with Crippen LogP contribution in [0.4, 0.5) is 5.69 Å². The Hall–Kier alpha value is -2.63. The Kier molecular flexibility index (Phi) is 5.48. The molecule has 0 saturated heterocycles. The van der Waals surface area contributed by atoms with E-state index in [1.165, 1.54) is 18.9 Å². The van der Waals surface area contributed by atoms with Crippen LogP contribution in [0.15, 0.2) is 36.7 Å². The van der Waals surface area contributed by atoms with Crippen molar-refractivity contribution in [1.29, 1.82) is 0 Å². The number of benzene rings is 1. The highest BCUT2D eigenvalue weighted by atomic mass is 16.1. The first-order valence-electron chi connectivity index (χ1n) is 8.91. The summed E-state index contributed by atoms with van der Waals surface area (Å²) in [6, 6.07) is 8.08. The number of aromatic nitrogens is 4. The first kappa shape index (κ1) is 17.2. The van der Waals surface area contributed by atoms with Crippen LogP contribution in [-0.2, 0) is 24.3 Å². The summed E-state index contributed by atoms with van der Waals surface area (Å²) >= 11 is 0. The zero-order valence-corrected chi connectivity index (χ0v) is 14.9. The molecule has 0 saturated carbocycles. The van der Waals surface area contributed by atoms with E-state index in [4.69, 9.17) is 0 Å². The van der Waals surface area contributed by atoms with Crippen molar-refractivity contribution in [2.75, 3.05) is 5.32 Å². The van der Waals surface area contributed by atoms with Crippen molar-refractivity contribution in [2.24, 2.45) is 0 Å². The van der Waals surface area contributed by atoms with Crippen LogP contribution in [0.3, 0.4) is 0 Å². The third-order valence-electron chi connectivity index (χ3n) is 4.25. The largest absolute Gasteiger partial charge is 0.347 e. The molecule has 3 aromatic rings. The van der Waals surface area contributed by atoms with Gasteiger partial charge in [0.25, 0.3) is 0 Å². The summed E-state index contributed by atoms with van der Waals surface area (Å²) in [6.07, 6.45) is 8.49. The van der Waals surface area contributed by atoms with E-state index >= 15 is 0 Å². The highest BCUT2D eigenvalue weighted by Crippen LogP contribution is 2.21. The molecule has 1 aromatic carbocycles. The van der Waals surface area contributed by atoms with Crippen LogP contribution in [0.2, 0.25) is 0 Å². The number of nitrogens with one attached hydrogen (secondary N) is 1. The lowest BCUT2D eigenvalue weighted by Gasteiger charge is -2.07. The number of rotatable bonds is 8. The average molecular weight is 339 g/mol.